The number of carbonyl (C=O) groups excluding carboxylic acids is 1. The summed E-state index contributed by atoms with van der Waals surface area (Å²) in [6.07, 6.45) is 2.96. The summed E-state index contributed by atoms with van der Waals surface area (Å²) in [6.45, 7) is 4.40. The number of rotatable bonds is 12. The van der Waals surface area contributed by atoms with Crippen LogP contribution in [-0.2, 0) is 27.7 Å². The summed E-state index contributed by atoms with van der Waals surface area (Å²) < 4.78 is 33.5. The SMILES string of the molecule is CCCc1ccc(OCCNC(=O)CN(c2ccc(CC)cc2)S(=O)(=O)c2ccccc2)cc1. The molecule has 0 aliphatic heterocycles. The predicted molar refractivity (Wildman–Crippen MR) is 136 cm³/mol. The van der Waals surface area contributed by atoms with Gasteiger partial charge in [0.15, 0.2) is 0 Å². The highest BCUT2D eigenvalue weighted by Gasteiger charge is 2.27. The Morgan fingerprint density at radius 1 is 0.882 bits per heavy atom. The van der Waals surface area contributed by atoms with Crippen LogP contribution in [-0.4, -0.2) is 34.0 Å². The third-order valence-electron chi connectivity index (χ3n) is 5.41. The first-order valence-corrected chi connectivity index (χ1v) is 13.0. The molecule has 3 aromatic rings. The van der Waals surface area contributed by atoms with E-state index in [9.17, 15) is 13.2 Å². The fourth-order valence-corrected chi connectivity index (χ4v) is 4.96. The van der Waals surface area contributed by atoms with Crippen LogP contribution in [0.15, 0.2) is 83.8 Å². The summed E-state index contributed by atoms with van der Waals surface area (Å²) >= 11 is 0. The molecule has 0 unspecified atom stereocenters. The molecular weight excluding hydrogens is 448 g/mol. The topological polar surface area (TPSA) is 75.7 Å². The number of sulfonamides is 1. The fraction of sp³-hybridized carbons (Fsp3) is 0.296. The smallest absolute Gasteiger partial charge is 0.264 e. The lowest BCUT2D eigenvalue weighted by Gasteiger charge is -2.24. The van der Waals surface area contributed by atoms with Crippen molar-refractivity contribution in [2.75, 3.05) is 24.0 Å². The van der Waals surface area contributed by atoms with Gasteiger partial charge in [0.1, 0.15) is 18.9 Å². The molecule has 3 rings (SSSR count). The Kier molecular flexibility index (Phi) is 9.10. The molecular formula is C27H32N2O4S. The monoisotopic (exact) mass is 480 g/mol. The van der Waals surface area contributed by atoms with Crippen molar-refractivity contribution in [3.63, 3.8) is 0 Å². The number of ether oxygens (including phenoxy) is 1. The minimum atomic E-state index is -3.91. The van der Waals surface area contributed by atoms with E-state index in [1.807, 2.05) is 43.3 Å². The van der Waals surface area contributed by atoms with Gasteiger partial charge in [-0.15, -0.1) is 0 Å². The van der Waals surface area contributed by atoms with E-state index in [0.717, 1.165) is 34.9 Å². The number of nitrogens with one attached hydrogen (secondary N) is 1. The molecule has 0 aliphatic rings. The summed E-state index contributed by atoms with van der Waals surface area (Å²) in [6, 6.07) is 23.3. The zero-order chi connectivity index (χ0) is 24.4. The number of carbonyl (C=O) groups is 1. The average molecular weight is 481 g/mol. The first kappa shape index (κ1) is 25.3. The van der Waals surface area contributed by atoms with Crippen LogP contribution in [0.1, 0.15) is 31.4 Å². The van der Waals surface area contributed by atoms with E-state index >= 15 is 0 Å². The molecule has 1 amide bonds. The van der Waals surface area contributed by atoms with E-state index in [2.05, 4.69) is 12.2 Å². The maximum absolute atomic E-state index is 13.3. The van der Waals surface area contributed by atoms with Gasteiger partial charge in [0, 0.05) is 0 Å². The van der Waals surface area contributed by atoms with Crippen molar-refractivity contribution in [2.24, 2.45) is 0 Å². The molecule has 34 heavy (non-hydrogen) atoms. The van der Waals surface area contributed by atoms with E-state index in [1.54, 1.807) is 30.3 Å². The number of hydrogen-bond acceptors (Lipinski definition) is 4. The van der Waals surface area contributed by atoms with Crippen molar-refractivity contribution in [3.05, 3.63) is 90.0 Å². The van der Waals surface area contributed by atoms with Gasteiger partial charge in [-0.1, -0.05) is 62.7 Å². The second-order valence-electron chi connectivity index (χ2n) is 7.94. The average Bonchev–Trinajstić information content (AvgIpc) is 2.87. The molecule has 180 valence electrons. The Morgan fingerprint density at radius 2 is 1.53 bits per heavy atom. The number of amides is 1. The Labute approximate surface area is 202 Å². The maximum atomic E-state index is 13.3. The number of aryl methyl sites for hydroxylation is 2. The second kappa shape index (κ2) is 12.2. The zero-order valence-corrected chi connectivity index (χ0v) is 20.6. The lowest BCUT2D eigenvalue weighted by Crippen LogP contribution is -2.41. The lowest BCUT2D eigenvalue weighted by atomic mass is 10.1. The third kappa shape index (κ3) is 6.84. The van der Waals surface area contributed by atoms with Gasteiger partial charge in [-0.3, -0.25) is 9.10 Å². The molecule has 0 saturated carbocycles. The van der Waals surface area contributed by atoms with Gasteiger partial charge in [0.25, 0.3) is 10.0 Å². The molecule has 0 aromatic heterocycles. The van der Waals surface area contributed by atoms with Gasteiger partial charge in [-0.25, -0.2) is 8.42 Å². The zero-order valence-electron chi connectivity index (χ0n) is 19.7. The number of hydrogen-bond donors (Lipinski definition) is 1. The van der Waals surface area contributed by atoms with Crippen molar-refractivity contribution in [2.45, 2.75) is 38.0 Å². The maximum Gasteiger partial charge on any atom is 0.264 e. The molecule has 3 aromatic carbocycles. The van der Waals surface area contributed by atoms with Crippen LogP contribution in [0.2, 0.25) is 0 Å². The molecule has 0 aliphatic carbocycles. The van der Waals surface area contributed by atoms with Crippen molar-refractivity contribution >= 4 is 21.6 Å². The van der Waals surface area contributed by atoms with Gasteiger partial charge in [0.05, 0.1) is 17.1 Å². The van der Waals surface area contributed by atoms with Crippen LogP contribution < -0.4 is 14.4 Å². The lowest BCUT2D eigenvalue weighted by molar-refractivity contribution is -0.119. The van der Waals surface area contributed by atoms with Crippen molar-refractivity contribution in [3.8, 4) is 5.75 Å². The van der Waals surface area contributed by atoms with Crippen LogP contribution in [0.5, 0.6) is 5.75 Å². The summed E-state index contributed by atoms with van der Waals surface area (Å²) in [4.78, 5) is 12.8. The number of anilines is 1. The Bertz CT molecular complexity index is 1150. The number of nitrogens with zero attached hydrogens (tertiary/aromatic N) is 1. The molecule has 1 N–H and O–H groups in total. The molecule has 6 nitrogen and oxygen atoms in total. The summed E-state index contributed by atoms with van der Waals surface area (Å²) in [5, 5.41) is 2.76. The van der Waals surface area contributed by atoms with Crippen LogP contribution in [0.3, 0.4) is 0 Å². The second-order valence-corrected chi connectivity index (χ2v) is 9.80. The first-order chi connectivity index (χ1) is 16.4. The highest BCUT2D eigenvalue weighted by Crippen LogP contribution is 2.24. The van der Waals surface area contributed by atoms with Gasteiger partial charge in [-0.2, -0.15) is 0 Å². The quantitative estimate of drug-likeness (QED) is 0.385. The first-order valence-electron chi connectivity index (χ1n) is 11.6. The van der Waals surface area contributed by atoms with E-state index < -0.39 is 15.9 Å². The van der Waals surface area contributed by atoms with Gasteiger partial charge in [-0.05, 0) is 60.4 Å². The molecule has 0 radical (unpaired) electrons. The molecule has 0 heterocycles. The van der Waals surface area contributed by atoms with Gasteiger partial charge < -0.3 is 10.1 Å². The molecule has 0 saturated heterocycles. The highest BCUT2D eigenvalue weighted by molar-refractivity contribution is 7.92. The standard InChI is InChI=1S/C27H32N2O4S/c1-3-8-23-13-17-25(18-14-23)33-20-19-28-27(30)21-29(24-15-11-22(4-2)12-16-24)34(31,32)26-9-6-5-7-10-26/h5-7,9-18H,3-4,8,19-21H2,1-2H3,(H,28,30). The van der Waals surface area contributed by atoms with Crippen molar-refractivity contribution in [1.29, 1.82) is 0 Å². The van der Waals surface area contributed by atoms with Crippen molar-refractivity contribution in [1.82, 2.24) is 5.32 Å². The minimum Gasteiger partial charge on any atom is -0.492 e. The van der Waals surface area contributed by atoms with Crippen LogP contribution in [0.4, 0.5) is 5.69 Å². The largest absolute Gasteiger partial charge is 0.492 e. The van der Waals surface area contributed by atoms with Gasteiger partial charge >= 0.3 is 0 Å². The van der Waals surface area contributed by atoms with E-state index in [1.165, 1.54) is 17.7 Å². The predicted octanol–water partition coefficient (Wildman–Crippen LogP) is 4.59. The molecule has 0 spiro atoms. The van der Waals surface area contributed by atoms with Crippen LogP contribution >= 0.6 is 0 Å². The molecule has 7 heteroatoms. The Morgan fingerprint density at radius 3 is 2.15 bits per heavy atom. The van der Waals surface area contributed by atoms with Crippen LogP contribution in [0, 0.1) is 0 Å². The summed E-state index contributed by atoms with van der Waals surface area (Å²) in [5.74, 6) is 0.333. The minimum absolute atomic E-state index is 0.136. The summed E-state index contributed by atoms with van der Waals surface area (Å²) in [7, 11) is -3.91. The van der Waals surface area contributed by atoms with Crippen molar-refractivity contribution < 1.29 is 17.9 Å². The fourth-order valence-electron chi connectivity index (χ4n) is 3.52. The molecule has 0 atom stereocenters. The van der Waals surface area contributed by atoms with E-state index in [4.69, 9.17) is 4.74 Å². The third-order valence-corrected chi connectivity index (χ3v) is 7.19. The summed E-state index contributed by atoms with van der Waals surface area (Å²) in [5.41, 5.74) is 2.79. The van der Waals surface area contributed by atoms with Crippen LogP contribution in [0.25, 0.3) is 0 Å². The van der Waals surface area contributed by atoms with Gasteiger partial charge in [0.2, 0.25) is 5.91 Å². The van der Waals surface area contributed by atoms with E-state index in [-0.39, 0.29) is 24.6 Å². The highest BCUT2D eigenvalue weighted by atomic mass is 32.2. The Balaban J connectivity index is 1.64. The molecule has 0 bridgehead atoms. The van der Waals surface area contributed by atoms with E-state index in [0.29, 0.717) is 5.69 Å². The number of benzene rings is 3. The Hall–Kier alpha value is -3.32. The normalized spacial score (nSPS) is 11.1. The molecule has 0 fully saturated rings.